The SMILES string of the molecule is CN(C)CCNC(C(N)=O)c1ccc2c(c1)CCN2C. The van der Waals surface area contributed by atoms with Crippen LogP contribution in [0.3, 0.4) is 0 Å². The van der Waals surface area contributed by atoms with E-state index >= 15 is 0 Å². The monoisotopic (exact) mass is 276 g/mol. The average molecular weight is 276 g/mol. The zero-order chi connectivity index (χ0) is 14.7. The number of anilines is 1. The van der Waals surface area contributed by atoms with Crippen LogP contribution in [0.25, 0.3) is 0 Å². The predicted molar refractivity (Wildman–Crippen MR) is 81.9 cm³/mol. The third-order valence-electron chi connectivity index (χ3n) is 3.76. The Morgan fingerprint density at radius 3 is 2.90 bits per heavy atom. The van der Waals surface area contributed by atoms with Gasteiger partial charge >= 0.3 is 0 Å². The van der Waals surface area contributed by atoms with Gasteiger partial charge in [0, 0.05) is 32.4 Å². The van der Waals surface area contributed by atoms with Crippen LogP contribution >= 0.6 is 0 Å². The third kappa shape index (κ3) is 3.29. The number of nitrogens with zero attached hydrogens (tertiary/aromatic N) is 2. The molecule has 0 fully saturated rings. The number of nitrogens with one attached hydrogen (secondary N) is 1. The summed E-state index contributed by atoms with van der Waals surface area (Å²) in [6, 6.07) is 5.78. The summed E-state index contributed by atoms with van der Waals surface area (Å²) in [4.78, 5) is 16.0. The molecule has 1 heterocycles. The van der Waals surface area contributed by atoms with Crippen LogP contribution in [-0.2, 0) is 11.2 Å². The highest BCUT2D eigenvalue weighted by Gasteiger charge is 2.21. The Balaban J connectivity index is 2.12. The minimum Gasteiger partial charge on any atom is -0.374 e. The molecule has 0 saturated heterocycles. The molecule has 1 aliphatic rings. The van der Waals surface area contributed by atoms with Crippen LogP contribution in [0.4, 0.5) is 5.69 Å². The van der Waals surface area contributed by atoms with Crippen molar-refractivity contribution in [1.82, 2.24) is 10.2 Å². The summed E-state index contributed by atoms with van der Waals surface area (Å²) in [5.41, 5.74) is 9.05. The maximum absolute atomic E-state index is 11.7. The van der Waals surface area contributed by atoms with Crippen molar-refractivity contribution in [2.24, 2.45) is 5.73 Å². The van der Waals surface area contributed by atoms with E-state index in [4.69, 9.17) is 5.73 Å². The lowest BCUT2D eigenvalue weighted by Crippen LogP contribution is -2.37. The fourth-order valence-corrected chi connectivity index (χ4v) is 2.58. The van der Waals surface area contributed by atoms with Crippen LogP contribution in [0.2, 0.25) is 0 Å². The number of amides is 1. The van der Waals surface area contributed by atoms with Gasteiger partial charge in [-0.3, -0.25) is 4.79 Å². The number of carbonyl (C=O) groups is 1. The molecule has 5 heteroatoms. The molecule has 1 atom stereocenters. The second-order valence-electron chi connectivity index (χ2n) is 5.65. The van der Waals surface area contributed by atoms with Crippen molar-refractivity contribution >= 4 is 11.6 Å². The number of rotatable bonds is 6. The van der Waals surface area contributed by atoms with Gasteiger partial charge in [-0.25, -0.2) is 0 Å². The lowest BCUT2D eigenvalue weighted by molar-refractivity contribution is -0.120. The summed E-state index contributed by atoms with van der Waals surface area (Å²) in [5, 5.41) is 3.24. The summed E-state index contributed by atoms with van der Waals surface area (Å²) in [6.07, 6.45) is 1.03. The number of fused-ring (bicyclic) bond motifs is 1. The van der Waals surface area contributed by atoms with E-state index in [1.54, 1.807) is 0 Å². The van der Waals surface area contributed by atoms with E-state index in [1.807, 2.05) is 20.2 Å². The summed E-state index contributed by atoms with van der Waals surface area (Å²) in [5.74, 6) is -0.324. The van der Waals surface area contributed by atoms with Crippen LogP contribution in [0, 0.1) is 0 Å². The van der Waals surface area contributed by atoms with Crippen molar-refractivity contribution in [2.75, 3.05) is 45.7 Å². The van der Waals surface area contributed by atoms with Crippen molar-refractivity contribution in [3.63, 3.8) is 0 Å². The standard InChI is InChI=1S/C15H24N4O/c1-18(2)9-7-17-14(15(16)20)12-4-5-13-11(10-12)6-8-19(13)3/h4-5,10,14,17H,6-9H2,1-3H3,(H2,16,20). The Hall–Kier alpha value is -1.59. The molecule has 0 aliphatic carbocycles. The van der Waals surface area contributed by atoms with Gasteiger partial charge in [0.1, 0.15) is 6.04 Å². The molecule has 0 bridgehead atoms. The second kappa shape index (κ2) is 6.24. The van der Waals surface area contributed by atoms with Gasteiger partial charge in [0.05, 0.1) is 0 Å². The number of carbonyl (C=O) groups excluding carboxylic acids is 1. The maximum atomic E-state index is 11.7. The van der Waals surface area contributed by atoms with Gasteiger partial charge in [-0.05, 0) is 37.7 Å². The van der Waals surface area contributed by atoms with E-state index in [9.17, 15) is 4.79 Å². The topological polar surface area (TPSA) is 61.6 Å². The minimum atomic E-state index is -0.411. The molecule has 110 valence electrons. The van der Waals surface area contributed by atoms with Gasteiger partial charge in [0.25, 0.3) is 0 Å². The number of benzene rings is 1. The number of likely N-dealkylation sites (N-methyl/N-ethyl adjacent to an activating group) is 2. The molecular weight excluding hydrogens is 252 g/mol. The second-order valence-corrected chi connectivity index (χ2v) is 5.65. The molecule has 2 rings (SSSR count). The Kier molecular flexibility index (Phi) is 4.62. The lowest BCUT2D eigenvalue weighted by atomic mass is 10.0. The summed E-state index contributed by atoms with van der Waals surface area (Å²) in [6.45, 7) is 2.64. The first-order chi connectivity index (χ1) is 9.49. The summed E-state index contributed by atoms with van der Waals surface area (Å²) >= 11 is 0. The fraction of sp³-hybridized carbons (Fsp3) is 0.533. The van der Waals surface area contributed by atoms with E-state index in [0.29, 0.717) is 0 Å². The molecule has 0 spiro atoms. The summed E-state index contributed by atoms with van der Waals surface area (Å²) < 4.78 is 0. The Labute approximate surface area is 120 Å². The highest BCUT2D eigenvalue weighted by Crippen LogP contribution is 2.29. The molecular formula is C15H24N4O. The normalized spacial score (nSPS) is 15.5. The Morgan fingerprint density at radius 1 is 1.50 bits per heavy atom. The molecule has 0 radical (unpaired) electrons. The zero-order valence-electron chi connectivity index (χ0n) is 12.5. The molecule has 1 aromatic rings. The Morgan fingerprint density at radius 2 is 2.25 bits per heavy atom. The molecule has 0 saturated carbocycles. The van der Waals surface area contributed by atoms with Gasteiger partial charge in [0.15, 0.2) is 0 Å². The highest BCUT2D eigenvalue weighted by atomic mass is 16.1. The average Bonchev–Trinajstić information content (AvgIpc) is 2.75. The molecule has 5 nitrogen and oxygen atoms in total. The number of primary amides is 1. The van der Waals surface area contributed by atoms with Crippen molar-refractivity contribution in [1.29, 1.82) is 0 Å². The zero-order valence-corrected chi connectivity index (χ0v) is 12.5. The molecule has 3 N–H and O–H groups in total. The van der Waals surface area contributed by atoms with Crippen LogP contribution < -0.4 is 16.0 Å². The first kappa shape index (κ1) is 14.8. The van der Waals surface area contributed by atoms with E-state index in [2.05, 4.69) is 34.3 Å². The maximum Gasteiger partial charge on any atom is 0.239 e. The van der Waals surface area contributed by atoms with Gasteiger partial charge in [-0.2, -0.15) is 0 Å². The fourth-order valence-electron chi connectivity index (χ4n) is 2.58. The van der Waals surface area contributed by atoms with E-state index in [1.165, 1.54) is 11.3 Å². The van der Waals surface area contributed by atoms with E-state index < -0.39 is 6.04 Å². The molecule has 20 heavy (non-hydrogen) atoms. The minimum absolute atomic E-state index is 0.324. The smallest absolute Gasteiger partial charge is 0.239 e. The predicted octanol–water partition coefficient (Wildman–Crippen LogP) is 0.357. The molecule has 1 aliphatic heterocycles. The van der Waals surface area contributed by atoms with Crippen LogP contribution in [-0.4, -0.2) is 51.6 Å². The number of nitrogens with two attached hydrogens (primary N) is 1. The van der Waals surface area contributed by atoms with Gasteiger partial charge in [-0.1, -0.05) is 12.1 Å². The van der Waals surface area contributed by atoms with E-state index in [-0.39, 0.29) is 5.91 Å². The summed E-state index contributed by atoms with van der Waals surface area (Å²) in [7, 11) is 6.10. The number of hydrogen-bond donors (Lipinski definition) is 2. The van der Waals surface area contributed by atoms with Crippen molar-refractivity contribution in [3.05, 3.63) is 29.3 Å². The number of hydrogen-bond acceptors (Lipinski definition) is 4. The first-order valence-corrected chi connectivity index (χ1v) is 7.00. The lowest BCUT2D eigenvalue weighted by Gasteiger charge is -2.19. The third-order valence-corrected chi connectivity index (χ3v) is 3.76. The first-order valence-electron chi connectivity index (χ1n) is 7.00. The van der Waals surface area contributed by atoms with Crippen LogP contribution in [0.1, 0.15) is 17.2 Å². The largest absolute Gasteiger partial charge is 0.374 e. The van der Waals surface area contributed by atoms with Crippen LogP contribution in [0.5, 0.6) is 0 Å². The molecule has 1 unspecified atom stereocenters. The van der Waals surface area contributed by atoms with Crippen molar-refractivity contribution in [3.8, 4) is 0 Å². The highest BCUT2D eigenvalue weighted by molar-refractivity contribution is 5.82. The van der Waals surface area contributed by atoms with Gasteiger partial charge in [-0.15, -0.1) is 0 Å². The Bertz CT molecular complexity index is 487. The quantitative estimate of drug-likeness (QED) is 0.787. The molecule has 0 aromatic heterocycles. The van der Waals surface area contributed by atoms with E-state index in [0.717, 1.165) is 31.6 Å². The molecule has 1 aromatic carbocycles. The van der Waals surface area contributed by atoms with Crippen molar-refractivity contribution in [2.45, 2.75) is 12.5 Å². The van der Waals surface area contributed by atoms with Crippen molar-refractivity contribution < 1.29 is 4.79 Å². The van der Waals surface area contributed by atoms with Crippen LogP contribution in [0.15, 0.2) is 18.2 Å². The van der Waals surface area contributed by atoms with Gasteiger partial charge in [0.2, 0.25) is 5.91 Å². The van der Waals surface area contributed by atoms with Gasteiger partial charge < -0.3 is 20.9 Å². The molecule has 1 amide bonds.